The van der Waals surface area contributed by atoms with Crippen molar-refractivity contribution in [3.05, 3.63) is 116 Å². The summed E-state index contributed by atoms with van der Waals surface area (Å²) in [4.78, 5) is 53.4. The number of para-hydroxylation sites is 2. The van der Waals surface area contributed by atoms with Crippen LogP contribution in [0.25, 0.3) is 43.6 Å². The van der Waals surface area contributed by atoms with Crippen LogP contribution < -0.4 is 10.9 Å². The highest BCUT2D eigenvalue weighted by Gasteiger charge is 2.17. The van der Waals surface area contributed by atoms with Crippen molar-refractivity contribution in [3.63, 3.8) is 0 Å². The zero-order valence-corrected chi connectivity index (χ0v) is 19.2. The van der Waals surface area contributed by atoms with Gasteiger partial charge in [0.25, 0.3) is 0 Å². The maximum atomic E-state index is 13.5. The Morgan fingerprint density at radius 3 is 1.97 bits per heavy atom. The molecule has 3 N–H and O–H groups in total. The molecule has 8 nitrogen and oxygen atoms in total. The van der Waals surface area contributed by atoms with Crippen LogP contribution in [0.1, 0.15) is 26.3 Å². The molecule has 0 unspecified atom stereocenters. The summed E-state index contributed by atoms with van der Waals surface area (Å²) in [6.07, 6.45) is 0. The molecule has 180 valence electrons. The predicted molar refractivity (Wildman–Crippen MR) is 141 cm³/mol. The molecule has 0 saturated heterocycles. The van der Waals surface area contributed by atoms with E-state index in [9.17, 15) is 29.4 Å². The van der Waals surface area contributed by atoms with Gasteiger partial charge in [-0.15, -0.1) is 0 Å². The fraction of sp³-hybridized carbons (Fsp3) is 0.0345. The lowest BCUT2D eigenvalue weighted by molar-refractivity contribution is 0.0696. The molecule has 37 heavy (non-hydrogen) atoms. The second kappa shape index (κ2) is 8.17. The lowest BCUT2D eigenvalue weighted by Crippen LogP contribution is -2.14. The van der Waals surface area contributed by atoms with E-state index < -0.39 is 11.9 Å². The first-order chi connectivity index (χ1) is 17.8. The number of aromatic nitrogens is 2. The molecule has 0 bridgehead atoms. The van der Waals surface area contributed by atoms with Gasteiger partial charge in [0, 0.05) is 33.6 Å². The number of pyridine rings is 2. The van der Waals surface area contributed by atoms with Gasteiger partial charge >= 0.3 is 11.9 Å². The van der Waals surface area contributed by atoms with Crippen LogP contribution in [0.15, 0.2) is 88.5 Å². The summed E-state index contributed by atoms with van der Waals surface area (Å²) in [5.74, 6) is -2.49. The number of benzene rings is 4. The SMILES string of the molecule is O=C(O)c1cc(Cn2c3ccccc3c(=O)c3cc4[nH]c5ccccc5c(=O)c4cc32)cc(C(=O)O)c1. The number of carboxylic acids is 2. The van der Waals surface area contributed by atoms with E-state index in [2.05, 4.69) is 4.98 Å². The Balaban J connectivity index is 1.71. The second-order valence-electron chi connectivity index (χ2n) is 8.88. The largest absolute Gasteiger partial charge is 0.478 e. The number of hydrogen-bond donors (Lipinski definition) is 3. The van der Waals surface area contributed by atoms with Crippen LogP contribution in [0.2, 0.25) is 0 Å². The third-order valence-electron chi connectivity index (χ3n) is 6.62. The Hall–Kier alpha value is -5.24. The average molecular weight is 490 g/mol. The van der Waals surface area contributed by atoms with Gasteiger partial charge in [0.1, 0.15) is 0 Å². The number of nitrogens with zero attached hydrogens (tertiary/aromatic N) is 1. The minimum absolute atomic E-state index is 0.0791. The lowest BCUT2D eigenvalue weighted by atomic mass is 10.0. The zero-order valence-electron chi connectivity index (χ0n) is 19.2. The van der Waals surface area contributed by atoms with Crippen molar-refractivity contribution < 1.29 is 19.8 Å². The molecule has 0 amide bonds. The molecule has 0 radical (unpaired) electrons. The summed E-state index contributed by atoms with van der Waals surface area (Å²) < 4.78 is 1.81. The van der Waals surface area contributed by atoms with E-state index >= 15 is 0 Å². The van der Waals surface area contributed by atoms with Crippen LogP contribution in [0.4, 0.5) is 0 Å². The Morgan fingerprint density at radius 1 is 0.649 bits per heavy atom. The fourth-order valence-corrected chi connectivity index (χ4v) is 4.92. The fourth-order valence-electron chi connectivity index (χ4n) is 4.92. The highest BCUT2D eigenvalue weighted by atomic mass is 16.4. The topological polar surface area (TPSA) is 129 Å². The summed E-state index contributed by atoms with van der Waals surface area (Å²) in [5.41, 5.74) is 1.98. The minimum atomic E-state index is -1.25. The van der Waals surface area contributed by atoms with Crippen molar-refractivity contribution in [1.29, 1.82) is 0 Å². The van der Waals surface area contributed by atoms with Crippen LogP contribution in [0.3, 0.4) is 0 Å². The molecule has 0 atom stereocenters. The summed E-state index contributed by atoms with van der Waals surface area (Å²) in [5, 5.41) is 20.8. The molecule has 6 rings (SSSR count). The van der Waals surface area contributed by atoms with Gasteiger partial charge in [-0.3, -0.25) is 9.59 Å². The lowest BCUT2D eigenvalue weighted by Gasteiger charge is -2.17. The minimum Gasteiger partial charge on any atom is -0.478 e. The zero-order chi connectivity index (χ0) is 25.8. The molecular weight excluding hydrogens is 472 g/mol. The normalized spacial score (nSPS) is 11.5. The molecule has 0 saturated carbocycles. The first-order valence-corrected chi connectivity index (χ1v) is 11.4. The molecule has 2 heterocycles. The highest BCUT2D eigenvalue weighted by Crippen LogP contribution is 2.26. The van der Waals surface area contributed by atoms with Crippen molar-refractivity contribution in [2.45, 2.75) is 6.54 Å². The van der Waals surface area contributed by atoms with Crippen LogP contribution >= 0.6 is 0 Å². The molecule has 0 aliphatic carbocycles. The van der Waals surface area contributed by atoms with Crippen molar-refractivity contribution in [1.82, 2.24) is 9.55 Å². The van der Waals surface area contributed by atoms with Gasteiger partial charge in [0.05, 0.1) is 27.7 Å². The number of aromatic carboxylic acids is 2. The van der Waals surface area contributed by atoms with Crippen LogP contribution in [0, 0.1) is 0 Å². The summed E-state index contributed by atoms with van der Waals surface area (Å²) in [7, 11) is 0. The van der Waals surface area contributed by atoms with Gasteiger partial charge in [0.2, 0.25) is 0 Å². The summed E-state index contributed by atoms with van der Waals surface area (Å²) in [6, 6.07) is 21.4. The van der Waals surface area contributed by atoms with E-state index in [-0.39, 0.29) is 28.5 Å². The first kappa shape index (κ1) is 22.2. The molecule has 2 aromatic heterocycles. The van der Waals surface area contributed by atoms with Crippen LogP contribution in [0.5, 0.6) is 0 Å². The Kier molecular flexibility index (Phi) is 4.91. The van der Waals surface area contributed by atoms with Crippen molar-refractivity contribution in [2.75, 3.05) is 0 Å². The predicted octanol–water partition coefficient (Wildman–Crippen LogP) is 4.59. The monoisotopic (exact) mass is 490 g/mol. The molecule has 0 spiro atoms. The number of carboxylic acid groups (broad SMARTS) is 2. The van der Waals surface area contributed by atoms with Crippen molar-refractivity contribution in [2.24, 2.45) is 0 Å². The average Bonchev–Trinajstić information content (AvgIpc) is 2.90. The van der Waals surface area contributed by atoms with Gasteiger partial charge < -0.3 is 19.8 Å². The smallest absolute Gasteiger partial charge is 0.335 e. The summed E-state index contributed by atoms with van der Waals surface area (Å²) in [6.45, 7) is 0.0791. The molecule has 0 aliphatic heterocycles. The number of carbonyl (C=O) groups is 2. The molecule has 0 aliphatic rings. The standard InChI is InChI=1S/C29H18N2O6/c32-26-18-5-1-3-7-22(18)30-23-12-21-25(13-20(23)26)31(24-8-4-2-6-19(24)27(21)33)14-15-9-16(28(34)35)11-17(10-15)29(36)37/h1-13H,14H2,(H,30,32)(H,34,35)(H,36,37). The maximum Gasteiger partial charge on any atom is 0.335 e. The van der Waals surface area contributed by atoms with E-state index in [1.54, 1.807) is 54.6 Å². The Morgan fingerprint density at radius 2 is 1.27 bits per heavy atom. The van der Waals surface area contributed by atoms with Gasteiger partial charge in [-0.25, -0.2) is 9.59 Å². The number of aromatic amines is 1. The molecular formula is C29H18N2O6. The van der Waals surface area contributed by atoms with Gasteiger partial charge in [-0.05, 0) is 60.2 Å². The number of nitrogens with one attached hydrogen (secondary N) is 1. The highest BCUT2D eigenvalue weighted by molar-refractivity contribution is 6.03. The van der Waals surface area contributed by atoms with E-state index in [1.165, 1.54) is 12.1 Å². The molecule has 4 aromatic carbocycles. The number of rotatable bonds is 4. The van der Waals surface area contributed by atoms with E-state index in [0.717, 1.165) is 6.07 Å². The van der Waals surface area contributed by atoms with Crippen molar-refractivity contribution in [3.8, 4) is 0 Å². The number of fused-ring (bicyclic) bond motifs is 4. The van der Waals surface area contributed by atoms with Gasteiger partial charge in [-0.2, -0.15) is 0 Å². The molecule has 0 fully saturated rings. The van der Waals surface area contributed by atoms with E-state index in [1.807, 2.05) is 10.6 Å². The second-order valence-corrected chi connectivity index (χ2v) is 8.88. The van der Waals surface area contributed by atoms with Crippen LogP contribution in [-0.2, 0) is 6.54 Å². The van der Waals surface area contributed by atoms with E-state index in [0.29, 0.717) is 49.2 Å². The van der Waals surface area contributed by atoms with Gasteiger partial charge in [-0.1, -0.05) is 24.3 Å². The van der Waals surface area contributed by atoms with Crippen LogP contribution in [-0.4, -0.2) is 31.7 Å². The number of hydrogen-bond acceptors (Lipinski definition) is 4. The summed E-state index contributed by atoms with van der Waals surface area (Å²) >= 11 is 0. The van der Waals surface area contributed by atoms with Gasteiger partial charge in [0.15, 0.2) is 10.9 Å². The van der Waals surface area contributed by atoms with Crippen molar-refractivity contribution >= 4 is 55.6 Å². The Bertz CT molecular complexity index is 2040. The quantitative estimate of drug-likeness (QED) is 0.310. The first-order valence-electron chi connectivity index (χ1n) is 11.4. The third kappa shape index (κ3) is 3.54. The molecule has 6 aromatic rings. The van der Waals surface area contributed by atoms with E-state index in [4.69, 9.17) is 0 Å². The Labute approximate surface area is 207 Å². The third-order valence-corrected chi connectivity index (χ3v) is 6.62. The number of H-pyrrole nitrogens is 1. The maximum absolute atomic E-state index is 13.5. The molecule has 8 heteroatoms.